The fourth-order valence-corrected chi connectivity index (χ4v) is 2.70. The molecule has 0 saturated heterocycles. The summed E-state index contributed by atoms with van der Waals surface area (Å²) >= 11 is 0. The van der Waals surface area contributed by atoms with Crippen molar-refractivity contribution in [2.75, 3.05) is 7.05 Å². The normalized spacial score (nSPS) is 20.1. The average molecular weight is 204 g/mol. The van der Waals surface area contributed by atoms with E-state index in [-0.39, 0.29) is 0 Å². The van der Waals surface area contributed by atoms with Gasteiger partial charge in [-0.25, -0.2) is 0 Å². The Balaban J connectivity index is 2.09. The summed E-state index contributed by atoms with van der Waals surface area (Å²) in [6, 6.07) is 4.71. The van der Waals surface area contributed by atoms with Crippen LogP contribution in [0.15, 0.2) is 24.5 Å². The highest BCUT2D eigenvalue weighted by Crippen LogP contribution is 2.33. The van der Waals surface area contributed by atoms with Crippen LogP contribution in [-0.2, 0) is 0 Å². The number of rotatable bonds is 3. The maximum Gasteiger partial charge on any atom is 0.0361 e. The quantitative estimate of drug-likeness (QED) is 0.819. The van der Waals surface area contributed by atoms with Crippen LogP contribution in [0.25, 0.3) is 0 Å². The van der Waals surface area contributed by atoms with E-state index in [0.29, 0.717) is 6.04 Å². The first kappa shape index (κ1) is 10.6. The summed E-state index contributed by atoms with van der Waals surface area (Å²) in [5.74, 6) is 0.799. The maximum atomic E-state index is 4.21. The van der Waals surface area contributed by atoms with Gasteiger partial charge in [-0.1, -0.05) is 25.3 Å². The standard InChI is InChI=1S/C13H20N2/c1-14-13(11-6-3-2-4-7-11)12-8-5-9-15-10-12/h5,8-11,13-14H,2-4,6-7H2,1H3. The van der Waals surface area contributed by atoms with E-state index >= 15 is 0 Å². The number of aromatic nitrogens is 1. The van der Waals surface area contributed by atoms with Gasteiger partial charge in [0.2, 0.25) is 0 Å². The van der Waals surface area contributed by atoms with Gasteiger partial charge in [0, 0.05) is 18.4 Å². The molecule has 0 amide bonds. The third-order valence-corrected chi connectivity index (χ3v) is 3.48. The molecule has 0 bridgehead atoms. The van der Waals surface area contributed by atoms with Gasteiger partial charge < -0.3 is 5.32 Å². The van der Waals surface area contributed by atoms with Crippen molar-refractivity contribution >= 4 is 0 Å². The summed E-state index contributed by atoms with van der Waals surface area (Å²) in [6.07, 6.45) is 10.8. The predicted octanol–water partition coefficient (Wildman–Crippen LogP) is 2.92. The zero-order valence-electron chi connectivity index (χ0n) is 9.45. The van der Waals surface area contributed by atoms with Gasteiger partial charge in [0.05, 0.1) is 0 Å². The number of nitrogens with zero attached hydrogens (tertiary/aromatic N) is 1. The van der Waals surface area contributed by atoms with Crippen molar-refractivity contribution in [2.45, 2.75) is 38.1 Å². The molecule has 1 N–H and O–H groups in total. The van der Waals surface area contributed by atoms with Crippen molar-refractivity contribution in [1.82, 2.24) is 10.3 Å². The van der Waals surface area contributed by atoms with Crippen LogP contribution >= 0.6 is 0 Å². The molecular formula is C13H20N2. The minimum Gasteiger partial charge on any atom is -0.313 e. The highest BCUT2D eigenvalue weighted by atomic mass is 14.9. The third kappa shape index (κ3) is 2.57. The number of hydrogen-bond acceptors (Lipinski definition) is 2. The van der Waals surface area contributed by atoms with E-state index in [1.165, 1.54) is 37.7 Å². The lowest BCUT2D eigenvalue weighted by molar-refractivity contribution is 0.281. The lowest BCUT2D eigenvalue weighted by atomic mass is 9.81. The molecule has 1 aromatic rings. The molecule has 0 spiro atoms. The molecule has 15 heavy (non-hydrogen) atoms. The minimum atomic E-state index is 0.499. The Bertz CT molecular complexity index is 278. The van der Waals surface area contributed by atoms with Crippen LogP contribution < -0.4 is 5.32 Å². The molecule has 0 radical (unpaired) electrons. The summed E-state index contributed by atoms with van der Waals surface area (Å²) in [5.41, 5.74) is 1.34. The Morgan fingerprint density at radius 2 is 2.13 bits per heavy atom. The van der Waals surface area contributed by atoms with E-state index in [1.54, 1.807) is 0 Å². The molecule has 1 heterocycles. The van der Waals surface area contributed by atoms with Crippen molar-refractivity contribution in [3.8, 4) is 0 Å². The van der Waals surface area contributed by atoms with Gasteiger partial charge in [-0.05, 0) is 37.4 Å². The Morgan fingerprint density at radius 1 is 1.33 bits per heavy atom. The Morgan fingerprint density at radius 3 is 2.73 bits per heavy atom. The van der Waals surface area contributed by atoms with Gasteiger partial charge in [-0.2, -0.15) is 0 Å². The zero-order valence-corrected chi connectivity index (χ0v) is 9.45. The smallest absolute Gasteiger partial charge is 0.0361 e. The fraction of sp³-hybridized carbons (Fsp3) is 0.615. The van der Waals surface area contributed by atoms with E-state index < -0.39 is 0 Å². The van der Waals surface area contributed by atoms with Crippen LogP contribution in [-0.4, -0.2) is 12.0 Å². The predicted molar refractivity (Wildman–Crippen MR) is 62.6 cm³/mol. The fourth-order valence-electron chi connectivity index (χ4n) is 2.70. The van der Waals surface area contributed by atoms with Gasteiger partial charge in [0.15, 0.2) is 0 Å². The van der Waals surface area contributed by atoms with Crippen molar-refractivity contribution in [2.24, 2.45) is 5.92 Å². The van der Waals surface area contributed by atoms with Gasteiger partial charge >= 0.3 is 0 Å². The molecule has 2 heteroatoms. The molecule has 1 aromatic heterocycles. The number of nitrogens with one attached hydrogen (secondary N) is 1. The van der Waals surface area contributed by atoms with E-state index in [9.17, 15) is 0 Å². The monoisotopic (exact) mass is 204 g/mol. The summed E-state index contributed by atoms with van der Waals surface area (Å²) < 4.78 is 0. The molecule has 1 aliphatic rings. The van der Waals surface area contributed by atoms with Crippen molar-refractivity contribution in [1.29, 1.82) is 0 Å². The largest absolute Gasteiger partial charge is 0.313 e. The van der Waals surface area contributed by atoms with E-state index in [4.69, 9.17) is 0 Å². The molecule has 0 aromatic carbocycles. The highest BCUT2D eigenvalue weighted by molar-refractivity contribution is 5.15. The molecule has 1 aliphatic carbocycles. The van der Waals surface area contributed by atoms with Crippen molar-refractivity contribution in [3.63, 3.8) is 0 Å². The molecular weight excluding hydrogens is 184 g/mol. The van der Waals surface area contributed by atoms with Crippen LogP contribution in [0.4, 0.5) is 0 Å². The molecule has 1 unspecified atom stereocenters. The summed E-state index contributed by atoms with van der Waals surface area (Å²) in [6.45, 7) is 0. The Labute approximate surface area is 92.1 Å². The molecule has 1 saturated carbocycles. The van der Waals surface area contributed by atoms with Gasteiger partial charge in [-0.15, -0.1) is 0 Å². The molecule has 0 aliphatic heterocycles. The molecule has 2 rings (SSSR count). The highest BCUT2D eigenvalue weighted by Gasteiger charge is 2.23. The molecule has 2 nitrogen and oxygen atoms in total. The Hall–Kier alpha value is -0.890. The van der Waals surface area contributed by atoms with Crippen LogP contribution in [0.5, 0.6) is 0 Å². The third-order valence-electron chi connectivity index (χ3n) is 3.48. The second-order valence-electron chi connectivity index (χ2n) is 4.45. The van der Waals surface area contributed by atoms with Crippen molar-refractivity contribution in [3.05, 3.63) is 30.1 Å². The molecule has 1 atom stereocenters. The molecule has 82 valence electrons. The van der Waals surface area contributed by atoms with E-state index in [2.05, 4.69) is 23.4 Å². The van der Waals surface area contributed by atoms with Crippen LogP contribution in [0.3, 0.4) is 0 Å². The number of pyridine rings is 1. The molecule has 1 fully saturated rings. The van der Waals surface area contributed by atoms with E-state index in [0.717, 1.165) is 5.92 Å². The first-order chi connectivity index (χ1) is 7.42. The SMILES string of the molecule is CNC(c1cccnc1)C1CCCCC1. The summed E-state index contributed by atoms with van der Waals surface area (Å²) in [4.78, 5) is 4.21. The minimum absolute atomic E-state index is 0.499. The second-order valence-corrected chi connectivity index (χ2v) is 4.45. The first-order valence-corrected chi connectivity index (χ1v) is 5.99. The van der Waals surface area contributed by atoms with Crippen LogP contribution in [0, 0.1) is 5.92 Å². The van der Waals surface area contributed by atoms with Crippen LogP contribution in [0.2, 0.25) is 0 Å². The van der Waals surface area contributed by atoms with Gasteiger partial charge in [-0.3, -0.25) is 4.98 Å². The maximum absolute atomic E-state index is 4.21. The average Bonchev–Trinajstić information content (AvgIpc) is 2.33. The summed E-state index contributed by atoms with van der Waals surface area (Å²) in [5, 5.41) is 3.45. The lowest BCUT2D eigenvalue weighted by Gasteiger charge is -2.30. The zero-order chi connectivity index (χ0) is 10.5. The summed E-state index contributed by atoms with van der Waals surface area (Å²) in [7, 11) is 2.06. The topological polar surface area (TPSA) is 24.9 Å². The van der Waals surface area contributed by atoms with Crippen molar-refractivity contribution < 1.29 is 0 Å². The second kappa shape index (κ2) is 5.26. The van der Waals surface area contributed by atoms with Gasteiger partial charge in [0.25, 0.3) is 0 Å². The van der Waals surface area contributed by atoms with E-state index in [1.807, 2.05) is 18.5 Å². The first-order valence-electron chi connectivity index (χ1n) is 5.99. The Kier molecular flexibility index (Phi) is 3.73. The number of hydrogen-bond donors (Lipinski definition) is 1. The lowest BCUT2D eigenvalue weighted by Crippen LogP contribution is -2.26. The van der Waals surface area contributed by atoms with Crippen LogP contribution in [0.1, 0.15) is 43.7 Å². The van der Waals surface area contributed by atoms with Gasteiger partial charge in [0.1, 0.15) is 0 Å².